The lowest BCUT2D eigenvalue weighted by molar-refractivity contribution is -0.120. The van der Waals surface area contributed by atoms with Gasteiger partial charge in [-0.2, -0.15) is 5.10 Å². The van der Waals surface area contributed by atoms with E-state index in [0.29, 0.717) is 32.0 Å². The van der Waals surface area contributed by atoms with E-state index in [9.17, 15) is 14.4 Å². The summed E-state index contributed by atoms with van der Waals surface area (Å²) in [5, 5.41) is 7.78. The zero-order valence-electron chi connectivity index (χ0n) is 20.8. The largest absolute Gasteiger partial charge is 0.444 e. The molecule has 0 radical (unpaired) electrons. The Morgan fingerprint density at radius 1 is 1.18 bits per heavy atom. The Labute approximate surface area is 199 Å². The number of amides is 4. The van der Waals surface area contributed by atoms with Crippen molar-refractivity contribution in [3.05, 3.63) is 18.2 Å². The summed E-state index contributed by atoms with van der Waals surface area (Å²) in [5.74, 6) is 0.542. The van der Waals surface area contributed by atoms with Gasteiger partial charge in [0.1, 0.15) is 5.60 Å². The summed E-state index contributed by atoms with van der Waals surface area (Å²) in [5.41, 5.74) is 1.40. The van der Waals surface area contributed by atoms with Gasteiger partial charge in [0, 0.05) is 50.7 Å². The van der Waals surface area contributed by atoms with Gasteiger partial charge >= 0.3 is 12.1 Å². The molecule has 4 rings (SSSR count). The van der Waals surface area contributed by atoms with E-state index in [1.54, 1.807) is 4.68 Å². The Kier molecular flexibility index (Phi) is 6.18. The molecule has 1 atom stereocenters. The van der Waals surface area contributed by atoms with Crippen LogP contribution in [0.4, 0.5) is 21.1 Å². The average molecular weight is 471 g/mol. The number of hydrogen-bond acceptors (Lipinski definition) is 6. The fraction of sp³-hybridized carbons (Fsp3) is 0.583. The summed E-state index contributed by atoms with van der Waals surface area (Å²) in [6.07, 6.45) is -0.0173. The van der Waals surface area contributed by atoms with Crippen LogP contribution >= 0.6 is 0 Å². The highest BCUT2D eigenvalue weighted by Gasteiger charge is 2.35. The van der Waals surface area contributed by atoms with E-state index < -0.39 is 11.6 Å². The van der Waals surface area contributed by atoms with E-state index >= 15 is 0 Å². The zero-order valence-corrected chi connectivity index (χ0v) is 20.8. The number of nitrogens with zero attached hydrogens (tertiary/aromatic N) is 5. The minimum absolute atomic E-state index is 0.0241. The normalized spacial score (nSPS) is 19.7. The number of nitrogens with one attached hydrogen (secondary N) is 1. The second kappa shape index (κ2) is 8.81. The molecule has 4 amide bonds. The molecule has 10 heteroatoms. The Morgan fingerprint density at radius 3 is 2.56 bits per heavy atom. The third-order valence-electron chi connectivity index (χ3n) is 6.31. The maximum atomic E-state index is 12.8. The van der Waals surface area contributed by atoms with Gasteiger partial charge in [0.05, 0.1) is 11.6 Å². The molecule has 2 aliphatic heterocycles. The van der Waals surface area contributed by atoms with E-state index in [4.69, 9.17) is 4.74 Å². The molecule has 2 saturated heterocycles. The standard InChI is InChI=1S/C24H34N6O4/c1-15(2)19-14-28(11-12-29(19)23(33)34-24(3,4)5)16-7-8-17-18(13-16)27(6)26-21(17)30-10-9-20(31)25-22(30)32/h7-8,13,15,19H,9-12,14H2,1-6H3,(H,25,31,32)/t19-/m0/s1. The maximum absolute atomic E-state index is 12.8. The molecule has 3 heterocycles. The summed E-state index contributed by atoms with van der Waals surface area (Å²) in [6, 6.07) is 5.65. The monoisotopic (exact) mass is 470 g/mol. The molecule has 1 aromatic carbocycles. The molecule has 2 aliphatic rings. The quantitative estimate of drug-likeness (QED) is 0.740. The lowest BCUT2D eigenvalue weighted by Gasteiger charge is -2.44. The molecule has 34 heavy (non-hydrogen) atoms. The number of rotatable bonds is 3. The number of hydrogen-bond donors (Lipinski definition) is 1. The molecule has 184 valence electrons. The van der Waals surface area contributed by atoms with Crippen molar-refractivity contribution in [2.45, 2.75) is 52.7 Å². The van der Waals surface area contributed by atoms with E-state index in [2.05, 4.69) is 35.2 Å². The van der Waals surface area contributed by atoms with Crippen LogP contribution in [-0.2, 0) is 16.6 Å². The number of piperazine rings is 1. The molecule has 2 aromatic rings. The van der Waals surface area contributed by atoms with Gasteiger partial charge in [-0.1, -0.05) is 13.8 Å². The van der Waals surface area contributed by atoms with Crippen molar-refractivity contribution in [3.63, 3.8) is 0 Å². The van der Waals surface area contributed by atoms with Crippen molar-refractivity contribution in [2.75, 3.05) is 36.0 Å². The van der Waals surface area contributed by atoms with E-state index in [1.165, 1.54) is 4.90 Å². The van der Waals surface area contributed by atoms with Gasteiger partial charge in [-0.3, -0.25) is 19.7 Å². The van der Waals surface area contributed by atoms with Crippen molar-refractivity contribution in [1.29, 1.82) is 0 Å². The molecular weight excluding hydrogens is 436 g/mol. The van der Waals surface area contributed by atoms with Crippen molar-refractivity contribution >= 4 is 40.4 Å². The van der Waals surface area contributed by atoms with E-state index in [-0.39, 0.29) is 30.4 Å². The zero-order chi connectivity index (χ0) is 24.8. The highest BCUT2D eigenvalue weighted by molar-refractivity contribution is 6.09. The van der Waals surface area contributed by atoms with Gasteiger partial charge in [0.15, 0.2) is 5.82 Å². The first-order valence-electron chi connectivity index (χ1n) is 11.8. The van der Waals surface area contributed by atoms with Crippen LogP contribution in [0.2, 0.25) is 0 Å². The number of benzene rings is 1. The summed E-state index contributed by atoms with van der Waals surface area (Å²) in [4.78, 5) is 42.3. The van der Waals surface area contributed by atoms with Gasteiger partial charge in [-0.25, -0.2) is 9.59 Å². The predicted octanol–water partition coefficient (Wildman–Crippen LogP) is 3.10. The molecule has 0 spiro atoms. The van der Waals surface area contributed by atoms with Crippen LogP contribution in [0.15, 0.2) is 18.2 Å². The van der Waals surface area contributed by atoms with Crippen molar-refractivity contribution < 1.29 is 19.1 Å². The van der Waals surface area contributed by atoms with E-state index in [1.807, 2.05) is 44.9 Å². The highest BCUT2D eigenvalue weighted by Crippen LogP contribution is 2.32. The maximum Gasteiger partial charge on any atom is 0.410 e. The van der Waals surface area contributed by atoms with Gasteiger partial charge in [0.2, 0.25) is 5.91 Å². The lowest BCUT2D eigenvalue weighted by Crippen LogP contribution is -2.58. The molecule has 1 aromatic heterocycles. The highest BCUT2D eigenvalue weighted by atomic mass is 16.6. The lowest BCUT2D eigenvalue weighted by atomic mass is 9.99. The molecule has 1 N–H and O–H groups in total. The SMILES string of the molecule is CC(C)[C@@H]1CN(c2ccc3c(N4CCC(=O)NC4=O)nn(C)c3c2)CCN1C(=O)OC(C)(C)C. The number of fused-ring (bicyclic) bond motifs is 1. The first-order chi connectivity index (χ1) is 15.9. The Hall–Kier alpha value is -3.30. The van der Waals surface area contributed by atoms with Crippen molar-refractivity contribution in [1.82, 2.24) is 20.0 Å². The second-order valence-corrected chi connectivity index (χ2v) is 10.3. The minimum Gasteiger partial charge on any atom is -0.444 e. The number of anilines is 2. The Bertz CT molecular complexity index is 1120. The number of carbonyl (C=O) groups is 3. The van der Waals surface area contributed by atoms with Gasteiger partial charge < -0.3 is 14.5 Å². The molecule has 0 bridgehead atoms. The fourth-order valence-corrected chi connectivity index (χ4v) is 4.55. The van der Waals surface area contributed by atoms with Crippen LogP contribution in [0.3, 0.4) is 0 Å². The van der Waals surface area contributed by atoms with Crippen molar-refractivity contribution in [2.24, 2.45) is 13.0 Å². The first-order valence-corrected chi connectivity index (χ1v) is 11.8. The van der Waals surface area contributed by atoms with Crippen LogP contribution in [0.25, 0.3) is 10.9 Å². The van der Waals surface area contributed by atoms with Crippen LogP contribution in [0, 0.1) is 5.92 Å². The summed E-state index contributed by atoms with van der Waals surface area (Å²) >= 11 is 0. The number of aromatic nitrogens is 2. The number of aryl methyl sites for hydroxylation is 1. The molecule has 10 nitrogen and oxygen atoms in total. The van der Waals surface area contributed by atoms with Gasteiger partial charge in [0.25, 0.3) is 0 Å². The second-order valence-electron chi connectivity index (χ2n) is 10.3. The Balaban J connectivity index is 1.57. The summed E-state index contributed by atoms with van der Waals surface area (Å²) in [7, 11) is 1.85. The summed E-state index contributed by atoms with van der Waals surface area (Å²) < 4.78 is 7.40. The fourth-order valence-electron chi connectivity index (χ4n) is 4.55. The van der Waals surface area contributed by atoms with Gasteiger partial charge in [-0.15, -0.1) is 0 Å². The van der Waals surface area contributed by atoms with Crippen LogP contribution in [-0.4, -0.2) is 70.5 Å². The number of imide groups is 1. The summed E-state index contributed by atoms with van der Waals surface area (Å²) in [6.45, 7) is 12.2. The topological polar surface area (TPSA) is 100 Å². The molecule has 2 fully saturated rings. The predicted molar refractivity (Wildman–Crippen MR) is 130 cm³/mol. The number of urea groups is 1. The Morgan fingerprint density at radius 2 is 1.91 bits per heavy atom. The van der Waals surface area contributed by atoms with Crippen LogP contribution in [0.5, 0.6) is 0 Å². The van der Waals surface area contributed by atoms with Crippen LogP contribution < -0.4 is 15.1 Å². The average Bonchev–Trinajstić information content (AvgIpc) is 3.07. The third-order valence-corrected chi connectivity index (χ3v) is 6.31. The minimum atomic E-state index is -0.531. The molecule has 0 saturated carbocycles. The number of ether oxygens (including phenoxy) is 1. The van der Waals surface area contributed by atoms with Crippen LogP contribution in [0.1, 0.15) is 41.0 Å². The van der Waals surface area contributed by atoms with Crippen molar-refractivity contribution in [3.8, 4) is 0 Å². The first kappa shape index (κ1) is 23.8. The molecule has 0 unspecified atom stereocenters. The number of carbonyl (C=O) groups excluding carboxylic acids is 3. The third kappa shape index (κ3) is 4.67. The molecular formula is C24H34N6O4. The smallest absolute Gasteiger partial charge is 0.410 e. The van der Waals surface area contributed by atoms with Gasteiger partial charge in [-0.05, 0) is 44.9 Å². The molecule has 0 aliphatic carbocycles. The van der Waals surface area contributed by atoms with E-state index in [0.717, 1.165) is 16.6 Å².